The molecule has 0 saturated carbocycles. The first-order valence-electron chi connectivity index (χ1n) is 5.00. The van der Waals surface area contributed by atoms with E-state index in [9.17, 15) is 4.79 Å². The molecule has 0 radical (unpaired) electrons. The number of amides is 1. The Hall–Kier alpha value is -0.585. The molecule has 1 saturated heterocycles. The van der Waals surface area contributed by atoms with E-state index in [2.05, 4.69) is 0 Å². The third kappa shape index (κ3) is 2.26. The van der Waals surface area contributed by atoms with Crippen LogP contribution in [0.4, 0.5) is 0 Å². The third-order valence-corrected chi connectivity index (χ3v) is 2.68. The van der Waals surface area contributed by atoms with Crippen LogP contribution >= 0.6 is 0 Å². The van der Waals surface area contributed by atoms with Crippen LogP contribution in [0.5, 0.6) is 0 Å². The molecule has 1 aliphatic heterocycles. The van der Waals surface area contributed by atoms with Gasteiger partial charge in [0.05, 0.1) is 12.0 Å². The first-order chi connectivity index (χ1) is 6.57. The third-order valence-electron chi connectivity index (χ3n) is 2.68. The molecule has 80 valence electrons. The number of nitrogens with two attached hydrogens (primary N) is 1. The van der Waals surface area contributed by atoms with E-state index in [1.807, 2.05) is 6.92 Å². The molecule has 5 nitrogen and oxygen atoms in total. The number of rotatable bonds is 3. The Labute approximate surface area is 84.0 Å². The zero-order valence-corrected chi connectivity index (χ0v) is 8.39. The van der Waals surface area contributed by atoms with E-state index in [0.717, 1.165) is 6.42 Å². The van der Waals surface area contributed by atoms with E-state index >= 15 is 0 Å². The van der Waals surface area contributed by atoms with Gasteiger partial charge in [0.25, 0.3) is 0 Å². The van der Waals surface area contributed by atoms with E-state index < -0.39 is 19.1 Å². The summed E-state index contributed by atoms with van der Waals surface area (Å²) in [5.74, 6) is -0.650. The summed E-state index contributed by atoms with van der Waals surface area (Å²) in [5.41, 5.74) is 5.60. The Balaban J connectivity index is 2.62. The molecule has 0 aliphatic carbocycles. The lowest BCUT2D eigenvalue weighted by molar-refractivity contribution is -0.132. The van der Waals surface area contributed by atoms with Crippen molar-refractivity contribution in [2.24, 2.45) is 5.73 Å². The highest BCUT2D eigenvalue weighted by Gasteiger charge is 2.37. The van der Waals surface area contributed by atoms with Gasteiger partial charge in [-0.3, -0.25) is 4.79 Å². The van der Waals surface area contributed by atoms with E-state index in [-0.39, 0.29) is 5.91 Å². The van der Waals surface area contributed by atoms with Gasteiger partial charge < -0.3 is 20.7 Å². The number of carbonyl (C=O) groups is 1. The van der Waals surface area contributed by atoms with Crippen molar-refractivity contribution in [1.82, 2.24) is 4.90 Å². The molecule has 6 heteroatoms. The van der Waals surface area contributed by atoms with Crippen molar-refractivity contribution in [1.29, 1.82) is 0 Å². The maximum atomic E-state index is 11.7. The van der Waals surface area contributed by atoms with Crippen molar-refractivity contribution in [3.63, 3.8) is 0 Å². The highest BCUT2D eigenvalue weighted by Crippen LogP contribution is 2.19. The van der Waals surface area contributed by atoms with Crippen molar-refractivity contribution in [2.75, 3.05) is 6.54 Å². The van der Waals surface area contributed by atoms with Gasteiger partial charge >= 0.3 is 7.12 Å². The molecule has 0 aromatic rings. The molecule has 4 N–H and O–H groups in total. The molecule has 0 spiro atoms. The zero-order valence-electron chi connectivity index (χ0n) is 8.39. The summed E-state index contributed by atoms with van der Waals surface area (Å²) in [5, 5.41) is 18.1. The first kappa shape index (κ1) is 11.5. The minimum Gasteiger partial charge on any atom is -0.426 e. The number of nitrogens with zero attached hydrogens (tertiary/aromatic N) is 1. The maximum Gasteiger partial charge on any atom is 0.475 e. The largest absolute Gasteiger partial charge is 0.475 e. The van der Waals surface area contributed by atoms with Crippen LogP contribution in [0, 0.1) is 0 Å². The predicted molar refractivity (Wildman–Crippen MR) is 53.2 cm³/mol. The predicted octanol–water partition coefficient (Wildman–Crippen LogP) is -1.27. The summed E-state index contributed by atoms with van der Waals surface area (Å²) in [6.07, 6.45) is 2.02. The highest BCUT2D eigenvalue weighted by molar-refractivity contribution is 6.43. The van der Waals surface area contributed by atoms with Gasteiger partial charge in [-0.25, -0.2) is 0 Å². The minimum absolute atomic E-state index is 0.178. The van der Waals surface area contributed by atoms with Crippen LogP contribution in [0.1, 0.15) is 26.2 Å². The van der Waals surface area contributed by atoms with Gasteiger partial charge in [-0.05, 0) is 19.3 Å². The van der Waals surface area contributed by atoms with Gasteiger partial charge in [-0.2, -0.15) is 0 Å². The van der Waals surface area contributed by atoms with Crippen LogP contribution in [-0.4, -0.2) is 46.5 Å². The summed E-state index contributed by atoms with van der Waals surface area (Å²) >= 11 is 0. The normalized spacial score (nSPS) is 23.7. The Morgan fingerprint density at radius 2 is 2.36 bits per heavy atom. The number of carbonyl (C=O) groups excluding carboxylic acids is 1. The number of likely N-dealkylation sites (tertiary alicyclic amines) is 1. The number of hydrogen-bond donors (Lipinski definition) is 3. The van der Waals surface area contributed by atoms with Gasteiger partial charge in [0, 0.05) is 6.54 Å². The lowest BCUT2D eigenvalue weighted by atomic mass is 9.77. The summed E-state index contributed by atoms with van der Waals surface area (Å²) in [4.78, 5) is 13.2. The molecule has 1 heterocycles. The van der Waals surface area contributed by atoms with Crippen LogP contribution < -0.4 is 5.73 Å². The molecule has 0 bridgehead atoms. The quantitative estimate of drug-likeness (QED) is 0.495. The molecule has 1 rings (SSSR count). The molecular formula is C8H17BN2O3. The van der Waals surface area contributed by atoms with Gasteiger partial charge in [0.15, 0.2) is 0 Å². The lowest BCUT2D eigenvalue weighted by Crippen LogP contribution is -2.51. The summed E-state index contributed by atoms with van der Waals surface area (Å²) in [7, 11) is -1.45. The average molecular weight is 200 g/mol. The standard InChI is InChI=1S/C8H17BN2O3/c1-2-6(10)8(12)11-5-3-4-7(11)9(13)14/h6-7,13-14H,2-5,10H2,1H3/t6-,7?/m0/s1. The van der Waals surface area contributed by atoms with Crippen LogP contribution in [0.25, 0.3) is 0 Å². The average Bonchev–Trinajstić information content (AvgIpc) is 2.63. The van der Waals surface area contributed by atoms with Crippen molar-refractivity contribution in [3.05, 3.63) is 0 Å². The van der Waals surface area contributed by atoms with Gasteiger partial charge in [-0.15, -0.1) is 0 Å². The summed E-state index contributed by atoms with van der Waals surface area (Å²) in [6.45, 7) is 2.41. The molecule has 2 atom stereocenters. The Morgan fingerprint density at radius 1 is 1.71 bits per heavy atom. The lowest BCUT2D eigenvalue weighted by Gasteiger charge is -2.26. The van der Waals surface area contributed by atoms with Crippen molar-refractivity contribution in [3.8, 4) is 0 Å². The second kappa shape index (κ2) is 4.77. The zero-order chi connectivity index (χ0) is 10.7. The maximum absolute atomic E-state index is 11.7. The molecule has 14 heavy (non-hydrogen) atoms. The van der Waals surface area contributed by atoms with Crippen LogP contribution in [0.3, 0.4) is 0 Å². The van der Waals surface area contributed by atoms with E-state index in [0.29, 0.717) is 19.4 Å². The van der Waals surface area contributed by atoms with Crippen LogP contribution in [0.2, 0.25) is 0 Å². The van der Waals surface area contributed by atoms with E-state index in [4.69, 9.17) is 15.8 Å². The SMILES string of the molecule is CC[C@H](N)C(=O)N1CCCC1B(O)O. The molecule has 0 aromatic carbocycles. The van der Waals surface area contributed by atoms with Crippen molar-refractivity contribution in [2.45, 2.75) is 38.2 Å². The van der Waals surface area contributed by atoms with Crippen molar-refractivity contribution >= 4 is 13.0 Å². The fraction of sp³-hybridized carbons (Fsp3) is 0.875. The number of hydrogen-bond acceptors (Lipinski definition) is 4. The van der Waals surface area contributed by atoms with E-state index in [1.54, 1.807) is 0 Å². The first-order valence-corrected chi connectivity index (χ1v) is 5.00. The fourth-order valence-corrected chi connectivity index (χ4v) is 1.76. The Morgan fingerprint density at radius 3 is 2.86 bits per heavy atom. The topological polar surface area (TPSA) is 86.8 Å². The second-order valence-corrected chi connectivity index (χ2v) is 3.67. The van der Waals surface area contributed by atoms with Gasteiger partial charge in [0.2, 0.25) is 5.91 Å². The molecule has 0 aromatic heterocycles. The smallest absolute Gasteiger partial charge is 0.426 e. The van der Waals surface area contributed by atoms with Gasteiger partial charge in [0.1, 0.15) is 0 Å². The highest BCUT2D eigenvalue weighted by atomic mass is 16.4. The molecular weight excluding hydrogens is 183 g/mol. The summed E-state index contributed by atoms with van der Waals surface area (Å²) in [6, 6.07) is -0.519. The minimum atomic E-state index is -1.45. The Bertz CT molecular complexity index is 213. The summed E-state index contributed by atoms with van der Waals surface area (Å²) < 4.78 is 0. The molecule has 1 amide bonds. The van der Waals surface area contributed by atoms with Crippen LogP contribution in [0.15, 0.2) is 0 Å². The Kier molecular flexibility index (Phi) is 3.91. The molecule has 1 fully saturated rings. The fourth-order valence-electron chi connectivity index (χ4n) is 1.76. The monoisotopic (exact) mass is 200 g/mol. The molecule has 1 unspecified atom stereocenters. The van der Waals surface area contributed by atoms with Crippen LogP contribution in [-0.2, 0) is 4.79 Å². The van der Waals surface area contributed by atoms with Crippen molar-refractivity contribution < 1.29 is 14.8 Å². The van der Waals surface area contributed by atoms with Gasteiger partial charge in [-0.1, -0.05) is 6.92 Å². The second-order valence-electron chi connectivity index (χ2n) is 3.67. The molecule has 1 aliphatic rings. The van der Waals surface area contributed by atoms with E-state index in [1.165, 1.54) is 4.90 Å².